The van der Waals surface area contributed by atoms with E-state index in [0.29, 0.717) is 35.4 Å². The Labute approximate surface area is 267 Å². The van der Waals surface area contributed by atoms with Gasteiger partial charge in [-0.25, -0.2) is 9.59 Å². The van der Waals surface area contributed by atoms with Crippen molar-refractivity contribution >= 4 is 23.8 Å². The molecule has 250 valence electrons. The van der Waals surface area contributed by atoms with Crippen LogP contribution in [0.5, 0.6) is 0 Å². The van der Waals surface area contributed by atoms with Crippen molar-refractivity contribution in [2.45, 2.75) is 124 Å². The second-order valence-electron chi connectivity index (χ2n) is 14.2. The van der Waals surface area contributed by atoms with E-state index in [2.05, 4.69) is 19.1 Å². The maximum atomic E-state index is 13.7. The van der Waals surface area contributed by atoms with Crippen molar-refractivity contribution in [3.8, 4) is 0 Å². The highest BCUT2D eigenvalue weighted by molar-refractivity contribution is 5.97. The third-order valence-electron chi connectivity index (χ3n) is 7.96. The van der Waals surface area contributed by atoms with Gasteiger partial charge in [0.2, 0.25) is 0 Å². The van der Waals surface area contributed by atoms with E-state index in [1.165, 1.54) is 0 Å². The number of nitrogens with zero attached hydrogens (tertiary/aromatic N) is 1. The van der Waals surface area contributed by atoms with Gasteiger partial charge in [0, 0.05) is 11.8 Å². The summed E-state index contributed by atoms with van der Waals surface area (Å²) in [7, 11) is 0. The Morgan fingerprint density at radius 1 is 1.00 bits per heavy atom. The maximum absolute atomic E-state index is 13.7. The van der Waals surface area contributed by atoms with Crippen LogP contribution >= 0.6 is 0 Å². The third kappa shape index (κ3) is 9.16. The molecule has 1 aromatic rings. The summed E-state index contributed by atoms with van der Waals surface area (Å²) in [5.74, 6) is -1.85. The lowest BCUT2D eigenvalue weighted by atomic mass is 9.94. The first kappa shape index (κ1) is 35.1. The van der Waals surface area contributed by atoms with Crippen LogP contribution < -0.4 is 5.06 Å². The zero-order valence-corrected chi connectivity index (χ0v) is 28.7. The number of amides is 1. The fraction of sp³-hybridized carbons (Fsp3) is 0.657. The first-order valence-corrected chi connectivity index (χ1v) is 15.9. The lowest BCUT2D eigenvalue weighted by Crippen LogP contribution is -2.39. The summed E-state index contributed by atoms with van der Waals surface area (Å²) in [6, 6.07) is 3.45. The van der Waals surface area contributed by atoms with Gasteiger partial charge in [-0.3, -0.25) is 4.84 Å². The molecule has 0 unspecified atom stereocenters. The summed E-state index contributed by atoms with van der Waals surface area (Å²) in [6.45, 7) is 21.1. The number of rotatable bonds is 4. The van der Waals surface area contributed by atoms with Gasteiger partial charge in [-0.15, -0.1) is 0 Å². The van der Waals surface area contributed by atoms with Crippen LogP contribution in [0, 0.1) is 18.8 Å². The van der Waals surface area contributed by atoms with Gasteiger partial charge < -0.3 is 28.4 Å². The summed E-state index contributed by atoms with van der Waals surface area (Å²) >= 11 is 0. The number of aryl methyl sites for hydroxylation is 1. The SMILES string of the molecule is Cc1cc(N(OC[C@H]2COC(C)(C)O2)C(=O)OC(C)(C)C)cc2c1C(=O)O[C@@H](C)[C@H](C)/C=C\[C@@H](C)[C@H]1OC(C)(C)O[C@H]1C/C=C/2. The van der Waals surface area contributed by atoms with E-state index < -0.39 is 29.2 Å². The number of anilines is 1. The van der Waals surface area contributed by atoms with E-state index in [-0.39, 0.29) is 42.9 Å². The van der Waals surface area contributed by atoms with E-state index in [9.17, 15) is 9.59 Å². The standard InChI is InChI=1S/C35H51NO9/c1-21-15-16-22(2)30-28(43-35(10,11)44-30)14-12-13-25-18-26(17-23(3)29(25)31(37)41-24(21)4)36(32(38)45-33(5,6)7)40-20-27-19-39-34(8,9)42-27/h12-13,15-18,21-22,24,27-28,30H,14,19-20H2,1-11H3/b13-12+,16-15-/t21-,22-,24+,27-,28+,30-/m1/s1. The molecule has 2 fully saturated rings. The Balaban J connectivity index is 1.73. The normalized spacial score (nSPS) is 31.2. The van der Waals surface area contributed by atoms with Gasteiger partial charge in [-0.05, 0) is 92.0 Å². The number of ether oxygens (including phenoxy) is 6. The van der Waals surface area contributed by atoms with Crippen molar-refractivity contribution in [2.75, 3.05) is 18.3 Å². The molecule has 2 saturated heterocycles. The summed E-state index contributed by atoms with van der Waals surface area (Å²) < 4.78 is 35.8. The largest absolute Gasteiger partial charge is 0.458 e. The highest BCUT2D eigenvalue weighted by Crippen LogP contribution is 2.36. The first-order valence-electron chi connectivity index (χ1n) is 15.9. The summed E-state index contributed by atoms with van der Waals surface area (Å²) in [6.07, 6.45) is 6.77. The van der Waals surface area contributed by atoms with E-state index in [0.717, 1.165) is 5.06 Å². The topological polar surface area (TPSA) is 102 Å². The number of benzene rings is 1. The number of fused-ring (bicyclic) bond motifs is 2. The molecule has 3 aliphatic rings. The fourth-order valence-corrected chi connectivity index (χ4v) is 5.63. The van der Waals surface area contributed by atoms with Crippen LogP contribution in [-0.4, -0.2) is 66.9 Å². The zero-order chi connectivity index (χ0) is 33.3. The lowest BCUT2D eigenvalue weighted by molar-refractivity contribution is -0.148. The van der Waals surface area contributed by atoms with Gasteiger partial charge >= 0.3 is 12.1 Å². The molecule has 10 heteroatoms. The molecule has 0 saturated carbocycles. The van der Waals surface area contributed by atoms with Crippen molar-refractivity contribution < 1.29 is 42.8 Å². The molecular formula is C35H51NO9. The van der Waals surface area contributed by atoms with Gasteiger partial charge in [-0.2, -0.15) is 5.06 Å². The van der Waals surface area contributed by atoms with Crippen molar-refractivity contribution in [1.82, 2.24) is 0 Å². The number of carbonyl (C=O) groups is 2. The smallest absolute Gasteiger partial charge is 0.439 e. The number of esters is 1. The Kier molecular flexibility index (Phi) is 10.6. The summed E-state index contributed by atoms with van der Waals surface area (Å²) in [5.41, 5.74) is 1.22. The molecule has 4 rings (SSSR count). The van der Waals surface area contributed by atoms with Gasteiger partial charge in [0.15, 0.2) is 11.6 Å². The average Bonchev–Trinajstić information content (AvgIpc) is 3.42. The third-order valence-corrected chi connectivity index (χ3v) is 7.96. The number of carbonyl (C=O) groups excluding carboxylic acids is 2. The minimum atomic E-state index is -0.772. The summed E-state index contributed by atoms with van der Waals surface area (Å²) in [4.78, 5) is 33.2. The van der Waals surface area contributed by atoms with E-state index in [1.54, 1.807) is 32.9 Å². The van der Waals surface area contributed by atoms with Crippen LogP contribution in [0.25, 0.3) is 6.08 Å². The Morgan fingerprint density at radius 3 is 2.33 bits per heavy atom. The van der Waals surface area contributed by atoms with Crippen molar-refractivity contribution in [3.05, 3.63) is 47.1 Å². The van der Waals surface area contributed by atoms with Crippen molar-refractivity contribution in [2.24, 2.45) is 11.8 Å². The van der Waals surface area contributed by atoms with Crippen LogP contribution in [-0.2, 0) is 33.3 Å². The second kappa shape index (κ2) is 13.5. The fourth-order valence-electron chi connectivity index (χ4n) is 5.63. The number of hydroxylamine groups is 1. The molecule has 3 heterocycles. The first-order chi connectivity index (χ1) is 20.8. The average molecular weight is 630 g/mol. The lowest BCUT2D eigenvalue weighted by Gasteiger charge is -2.28. The highest BCUT2D eigenvalue weighted by Gasteiger charge is 2.42. The van der Waals surface area contributed by atoms with Crippen LogP contribution in [0.4, 0.5) is 10.5 Å². The molecule has 6 atom stereocenters. The van der Waals surface area contributed by atoms with Crippen molar-refractivity contribution in [3.63, 3.8) is 0 Å². The molecule has 45 heavy (non-hydrogen) atoms. The van der Waals surface area contributed by atoms with E-state index in [4.69, 9.17) is 33.3 Å². The van der Waals surface area contributed by atoms with Gasteiger partial charge in [0.05, 0.1) is 30.1 Å². The molecule has 0 spiro atoms. The van der Waals surface area contributed by atoms with Crippen molar-refractivity contribution in [1.29, 1.82) is 0 Å². The molecule has 0 radical (unpaired) electrons. The minimum Gasteiger partial charge on any atom is -0.458 e. The number of hydrogen-bond acceptors (Lipinski definition) is 9. The molecule has 0 bridgehead atoms. The quantitative estimate of drug-likeness (QED) is 0.196. The Hall–Kier alpha value is -2.76. The maximum Gasteiger partial charge on any atom is 0.439 e. The summed E-state index contributed by atoms with van der Waals surface area (Å²) in [5, 5.41) is 1.11. The zero-order valence-electron chi connectivity index (χ0n) is 28.7. The molecule has 1 aromatic carbocycles. The van der Waals surface area contributed by atoms with E-state index >= 15 is 0 Å². The van der Waals surface area contributed by atoms with Gasteiger partial charge in [0.25, 0.3) is 0 Å². The highest BCUT2D eigenvalue weighted by atomic mass is 16.8. The van der Waals surface area contributed by atoms with Gasteiger partial charge in [0.1, 0.15) is 24.4 Å². The number of hydrogen-bond donors (Lipinski definition) is 0. The monoisotopic (exact) mass is 629 g/mol. The molecule has 0 aliphatic carbocycles. The molecule has 0 N–H and O–H groups in total. The molecule has 1 amide bonds. The van der Waals surface area contributed by atoms with Gasteiger partial charge in [-0.1, -0.05) is 38.2 Å². The predicted octanol–water partition coefficient (Wildman–Crippen LogP) is 7.13. The Morgan fingerprint density at radius 2 is 1.69 bits per heavy atom. The predicted molar refractivity (Wildman–Crippen MR) is 171 cm³/mol. The minimum absolute atomic E-state index is 0.0329. The molecule has 3 aliphatic heterocycles. The van der Waals surface area contributed by atoms with E-state index in [1.807, 2.05) is 60.6 Å². The molecule has 0 aromatic heterocycles. The molecular weight excluding hydrogens is 578 g/mol. The van der Waals surface area contributed by atoms with Crippen LogP contribution in [0.1, 0.15) is 97.1 Å². The van der Waals surface area contributed by atoms with Crippen LogP contribution in [0.3, 0.4) is 0 Å². The second-order valence-corrected chi connectivity index (χ2v) is 14.2. The Bertz CT molecular complexity index is 1290. The van der Waals surface area contributed by atoms with Crippen LogP contribution in [0.15, 0.2) is 30.4 Å². The molecule has 10 nitrogen and oxygen atoms in total. The van der Waals surface area contributed by atoms with Crippen LogP contribution in [0.2, 0.25) is 0 Å². The number of cyclic esters (lactones) is 1.